The summed E-state index contributed by atoms with van der Waals surface area (Å²) in [6, 6.07) is 19.1. The number of carbonyl (C=O) groups excluding carboxylic acids is 2. The minimum absolute atomic E-state index is 0.00715. The van der Waals surface area contributed by atoms with Crippen LogP contribution in [0.4, 0.5) is 15.8 Å². The summed E-state index contributed by atoms with van der Waals surface area (Å²) >= 11 is 0. The van der Waals surface area contributed by atoms with Crippen LogP contribution in [0.1, 0.15) is 30.0 Å². The van der Waals surface area contributed by atoms with Crippen LogP contribution in [0.5, 0.6) is 5.75 Å². The molecular weight excluding hydrogens is 575 g/mol. The number of methoxy groups -OCH3 is 3. The van der Waals surface area contributed by atoms with Crippen LogP contribution >= 0.6 is 0 Å². The second-order valence-electron chi connectivity index (χ2n) is 9.94. The third-order valence-electron chi connectivity index (χ3n) is 6.89. The fraction of sp³-hybridized carbons (Fsp3) is 0.250. The summed E-state index contributed by atoms with van der Waals surface area (Å²) in [5, 5.41) is 4.33. The molecule has 0 aliphatic heterocycles. The molecule has 11 heteroatoms. The molecule has 0 unspecified atom stereocenters. The predicted octanol–water partition coefficient (Wildman–Crippen LogP) is 5.46. The molecule has 4 aromatic rings. The van der Waals surface area contributed by atoms with Gasteiger partial charge in [-0.15, -0.1) is 0 Å². The average Bonchev–Trinajstić information content (AvgIpc) is 2.99. The molecule has 0 aromatic heterocycles. The van der Waals surface area contributed by atoms with E-state index >= 15 is 0 Å². The van der Waals surface area contributed by atoms with Gasteiger partial charge in [0.1, 0.15) is 11.6 Å². The largest absolute Gasteiger partial charge is 0.495 e. The number of esters is 2. The van der Waals surface area contributed by atoms with Gasteiger partial charge in [-0.3, -0.25) is 14.3 Å². The zero-order valence-electron chi connectivity index (χ0n) is 24.3. The molecule has 0 aliphatic carbocycles. The van der Waals surface area contributed by atoms with Crippen LogP contribution in [0.15, 0.2) is 77.7 Å². The Hall–Kier alpha value is -4.64. The van der Waals surface area contributed by atoms with Gasteiger partial charge in [0.15, 0.2) is 0 Å². The first-order chi connectivity index (χ1) is 20.6. The SMILES string of the molecule is COC(=O)Cc1ccc(NS(=O)(=O)c2cc(Cc3ccccc3F)c(N[C@@H](C)CC(=O)OC)c3ccccc23)c(OC)c1. The molecule has 0 aliphatic rings. The topological polar surface area (TPSA) is 120 Å². The average molecular weight is 609 g/mol. The third kappa shape index (κ3) is 7.42. The van der Waals surface area contributed by atoms with Crippen molar-refractivity contribution >= 4 is 44.1 Å². The number of nitrogens with one attached hydrogen (secondary N) is 2. The highest BCUT2D eigenvalue weighted by atomic mass is 32.2. The van der Waals surface area contributed by atoms with E-state index in [9.17, 15) is 22.4 Å². The van der Waals surface area contributed by atoms with Crippen molar-refractivity contribution in [1.82, 2.24) is 0 Å². The number of ether oxygens (including phenoxy) is 3. The summed E-state index contributed by atoms with van der Waals surface area (Å²) in [7, 11) is -0.235. The highest BCUT2D eigenvalue weighted by Gasteiger charge is 2.25. The summed E-state index contributed by atoms with van der Waals surface area (Å²) in [4.78, 5) is 23.7. The predicted molar refractivity (Wildman–Crippen MR) is 162 cm³/mol. The van der Waals surface area contributed by atoms with Crippen molar-refractivity contribution in [3.05, 3.63) is 95.3 Å². The lowest BCUT2D eigenvalue weighted by Crippen LogP contribution is -2.22. The summed E-state index contributed by atoms with van der Waals surface area (Å²) in [5.74, 6) is -1.06. The van der Waals surface area contributed by atoms with Crippen LogP contribution in [-0.2, 0) is 41.9 Å². The van der Waals surface area contributed by atoms with E-state index in [0.29, 0.717) is 33.2 Å². The van der Waals surface area contributed by atoms with Gasteiger partial charge in [-0.05, 0) is 47.9 Å². The van der Waals surface area contributed by atoms with Crippen LogP contribution in [0.2, 0.25) is 0 Å². The molecule has 43 heavy (non-hydrogen) atoms. The molecule has 0 spiro atoms. The van der Waals surface area contributed by atoms with Crippen molar-refractivity contribution in [2.45, 2.75) is 37.1 Å². The van der Waals surface area contributed by atoms with Gasteiger partial charge in [0.05, 0.1) is 44.8 Å². The van der Waals surface area contributed by atoms with Crippen molar-refractivity contribution in [3.63, 3.8) is 0 Å². The maximum absolute atomic E-state index is 14.8. The molecule has 226 valence electrons. The minimum Gasteiger partial charge on any atom is -0.495 e. The third-order valence-corrected chi connectivity index (χ3v) is 8.30. The normalized spacial score (nSPS) is 11.9. The van der Waals surface area contributed by atoms with E-state index in [1.807, 2.05) is 0 Å². The Labute approximate surface area is 250 Å². The first-order valence-corrected chi connectivity index (χ1v) is 14.9. The number of sulfonamides is 1. The number of rotatable bonds is 12. The Balaban J connectivity index is 1.83. The second-order valence-corrected chi connectivity index (χ2v) is 11.6. The molecule has 4 rings (SSSR count). The number of benzene rings is 4. The molecule has 4 aromatic carbocycles. The van der Waals surface area contributed by atoms with Crippen molar-refractivity contribution in [1.29, 1.82) is 0 Å². The molecule has 1 atom stereocenters. The standard InChI is InChI=1S/C32H33FN2O7S/c1-20(15-30(36)41-3)34-32-23(18-22-9-5-8-12-26(22)33)19-29(24-10-6-7-11-25(24)32)43(38,39)35-27-14-13-21(16-28(27)40-2)17-31(37)42-4/h5-14,16,19-20,34-35H,15,17-18H2,1-4H3/t20-/m0/s1. The van der Waals surface area contributed by atoms with E-state index in [1.165, 1.54) is 39.5 Å². The molecule has 9 nitrogen and oxygen atoms in total. The second kappa shape index (κ2) is 13.6. The lowest BCUT2D eigenvalue weighted by atomic mass is 9.97. The molecule has 0 saturated carbocycles. The number of fused-ring (bicyclic) bond motifs is 1. The number of anilines is 2. The van der Waals surface area contributed by atoms with Gasteiger partial charge in [-0.1, -0.05) is 48.5 Å². The molecule has 0 fully saturated rings. The van der Waals surface area contributed by atoms with Gasteiger partial charge in [-0.25, -0.2) is 12.8 Å². The van der Waals surface area contributed by atoms with Gasteiger partial charge in [0.25, 0.3) is 10.0 Å². The lowest BCUT2D eigenvalue weighted by Gasteiger charge is -2.22. The highest BCUT2D eigenvalue weighted by molar-refractivity contribution is 7.93. The number of hydrogen-bond donors (Lipinski definition) is 2. The van der Waals surface area contributed by atoms with E-state index in [2.05, 4.69) is 10.0 Å². The molecule has 0 radical (unpaired) electrons. The van der Waals surface area contributed by atoms with Crippen LogP contribution < -0.4 is 14.8 Å². The van der Waals surface area contributed by atoms with Gasteiger partial charge in [-0.2, -0.15) is 0 Å². The quantitative estimate of drug-likeness (QED) is 0.204. The van der Waals surface area contributed by atoms with Crippen molar-refractivity contribution in [2.24, 2.45) is 0 Å². The molecule has 0 amide bonds. The fourth-order valence-electron chi connectivity index (χ4n) is 4.78. The van der Waals surface area contributed by atoms with E-state index in [0.717, 1.165) is 0 Å². The first kappa shape index (κ1) is 31.3. The van der Waals surface area contributed by atoms with E-state index in [4.69, 9.17) is 14.2 Å². The van der Waals surface area contributed by atoms with Gasteiger partial charge >= 0.3 is 11.9 Å². The Kier molecular flexibility index (Phi) is 9.87. The number of carbonyl (C=O) groups is 2. The van der Waals surface area contributed by atoms with Crippen molar-refractivity contribution < 1.29 is 36.6 Å². The maximum Gasteiger partial charge on any atom is 0.309 e. The summed E-state index contributed by atoms with van der Waals surface area (Å²) in [6.07, 6.45) is 0.142. The smallest absolute Gasteiger partial charge is 0.309 e. The molecule has 0 saturated heterocycles. The van der Waals surface area contributed by atoms with E-state index < -0.39 is 27.8 Å². The van der Waals surface area contributed by atoms with E-state index in [-0.39, 0.29) is 41.6 Å². The van der Waals surface area contributed by atoms with Gasteiger partial charge in [0, 0.05) is 28.9 Å². The fourth-order valence-corrected chi connectivity index (χ4v) is 6.11. The summed E-state index contributed by atoms with van der Waals surface area (Å²) in [5.41, 5.74) is 2.23. The Morgan fingerprint density at radius 1 is 0.860 bits per heavy atom. The van der Waals surface area contributed by atoms with E-state index in [1.54, 1.807) is 61.5 Å². The number of halogens is 1. The molecule has 0 heterocycles. The van der Waals surface area contributed by atoms with Crippen LogP contribution in [0, 0.1) is 5.82 Å². The molecule has 0 bridgehead atoms. The maximum atomic E-state index is 14.8. The minimum atomic E-state index is -4.22. The summed E-state index contributed by atoms with van der Waals surface area (Å²) < 4.78 is 60.3. The number of hydrogen-bond acceptors (Lipinski definition) is 8. The molecule has 2 N–H and O–H groups in total. The van der Waals surface area contributed by atoms with Gasteiger partial charge in [0.2, 0.25) is 0 Å². The Morgan fingerprint density at radius 2 is 1.53 bits per heavy atom. The van der Waals surface area contributed by atoms with Crippen LogP contribution in [0.3, 0.4) is 0 Å². The Morgan fingerprint density at radius 3 is 2.21 bits per heavy atom. The van der Waals surface area contributed by atoms with Crippen molar-refractivity contribution in [3.8, 4) is 5.75 Å². The van der Waals surface area contributed by atoms with Crippen LogP contribution in [0.25, 0.3) is 10.8 Å². The van der Waals surface area contributed by atoms with Crippen LogP contribution in [-0.4, -0.2) is 47.7 Å². The monoisotopic (exact) mass is 608 g/mol. The summed E-state index contributed by atoms with van der Waals surface area (Å²) in [6.45, 7) is 1.81. The zero-order valence-corrected chi connectivity index (χ0v) is 25.1. The first-order valence-electron chi connectivity index (χ1n) is 13.4. The Bertz CT molecular complexity index is 1760. The lowest BCUT2D eigenvalue weighted by molar-refractivity contribution is -0.141. The van der Waals surface area contributed by atoms with Gasteiger partial charge < -0.3 is 19.5 Å². The zero-order chi connectivity index (χ0) is 31.1. The van der Waals surface area contributed by atoms with Crippen molar-refractivity contribution in [2.75, 3.05) is 31.4 Å². The highest BCUT2D eigenvalue weighted by Crippen LogP contribution is 2.37. The molecular formula is C32H33FN2O7S.